The van der Waals surface area contributed by atoms with Crippen LogP contribution >= 0.6 is 0 Å². The molecule has 0 atom stereocenters. The Morgan fingerprint density at radius 1 is 0.880 bits per heavy atom. The highest BCUT2D eigenvalue weighted by Crippen LogP contribution is 2.12. The normalized spacial score (nSPS) is 14.6. The van der Waals surface area contributed by atoms with Crippen LogP contribution in [0.2, 0.25) is 0 Å². The summed E-state index contributed by atoms with van der Waals surface area (Å²) in [6.45, 7) is 6.05. The SMILES string of the molecule is CCCCCCCCCC=CCCCCCCC1=NCCN1CCN. The van der Waals surface area contributed by atoms with E-state index in [0.29, 0.717) is 0 Å². The summed E-state index contributed by atoms with van der Waals surface area (Å²) >= 11 is 0. The summed E-state index contributed by atoms with van der Waals surface area (Å²) in [6, 6.07) is 0. The molecular formula is C22H43N3. The van der Waals surface area contributed by atoms with Crippen molar-refractivity contribution in [3.05, 3.63) is 12.2 Å². The summed E-state index contributed by atoms with van der Waals surface area (Å²) in [7, 11) is 0. The van der Waals surface area contributed by atoms with Crippen molar-refractivity contribution in [2.24, 2.45) is 10.7 Å². The van der Waals surface area contributed by atoms with Crippen LogP contribution in [-0.2, 0) is 0 Å². The molecule has 0 spiro atoms. The van der Waals surface area contributed by atoms with E-state index in [2.05, 4.69) is 29.0 Å². The predicted octanol–water partition coefficient (Wildman–Crippen LogP) is 5.70. The van der Waals surface area contributed by atoms with Crippen molar-refractivity contribution >= 4 is 5.84 Å². The molecule has 0 amide bonds. The van der Waals surface area contributed by atoms with Crippen LogP contribution in [0, 0.1) is 0 Å². The number of hydrogen-bond donors (Lipinski definition) is 1. The highest BCUT2D eigenvalue weighted by Gasteiger charge is 2.14. The van der Waals surface area contributed by atoms with Crippen molar-refractivity contribution in [2.75, 3.05) is 26.2 Å². The predicted molar refractivity (Wildman–Crippen MR) is 112 cm³/mol. The van der Waals surface area contributed by atoms with Gasteiger partial charge in [-0.05, 0) is 32.1 Å². The maximum absolute atomic E-state index is 5.65. The second-order valence-corrected chi connectivity index (χ2v) is 7.41. The van der Waals surface area contributed by atoms with Gasteiger partial charge in [0.05, 0.1) is 12.4 Å². The molecule has 0 unspecified atom stereocenters. The maximum Gasteiger partial charge on any atom is 0.0990 e. The molecule has 146 valence electrons. The summed E-state index contributed by atoms with van der Waals surface area (Å²) in [6.07, 6.45) is 23.7. The number of rotatable bonds is 17. The number of unbranched alkanes of at least 4 members (excludes halogenated alkanes) is 11. The summed E-state index contributed by atoms with van der Waals surface area (Å²) in [5.41, 5.74) is 5.65. The molecule has 0 fully saturated rings. The molecule has 0 aromatic rings. The van der Waals surface area contributed by atoms with Crippen molar-refractivity contribution < 1.29 is 0 Å². The molecule has 0 bridgehead atoms. The van der Waals surface area contributed by atoms with E-state index in [1.54, 1.807) is 0 Å². The summed E-state index contributed by atoms with van der Waals surface area (Å²) in [4.78, 5) is 6.98. The molecular weight excluding hydrogens is 306 g/mol. The lowest BCUT2D eigenvalue weighted by atomic mass is 10.1. The standard InChI is InChI=1S/C22H43N3/c1-2-3-4-5-6-7-8-9-10-11-12-13-14-15-16-17-22-24-19-21-25(22)20-18-23/h10-11H,2-9,12-21,23H2,1H3. The summed E-state index contributed by atoms with van der Waals surface area (Å²) < 4.78 is 0. The van der Waals surface area contributed by atoms with Crippen LogP contribution < -0.4 is 5.73 Å². The molecule has 3 nitrogen and oxygen atoms in total. The van der Waals surface area contributed by atoms with E-state index in [1.807, 2.05) is 0 Å². The smallest absolute Gasteiger partial charge is 0.0990 e. The Labute approximate surface area is 157 Å². The first-order valence-electron chi connectivity index (χ1n) is 11.0. The zero-order valence-electron chi connectivity index (χ0n) is 16.9. The van der Waals surface area contributed by atoms with E-state index in [9.17, 15) is 0 Å². The minimum atomic E-state index is 0.740. The lowest BCUT2D eigenvalue weighted by molar-refractivity contribution is 0.456. The van der Waals surface area contributed by atoms with E-state index in [0.717, 1.165) is 32.6 Å². The molecule has 1 aliphatic heterocycles. The molecule has 2 N–H and O–H groups in total. The van der Waals surface area contributed by atoms with E-state index < -0.39 is 0 Å². The number of amidine groups is 1. The fourth-order valence-electron chi connectivity index (χ4n) is 3.52. The zero-order chi connectivity index (χ0) is 18.0. The van der Waals surface area contributed by atoms with E-state index in [1.165, 1.54) is 89.3 Å². The minimum Gasteiger partial charge on any atom is -0.357 e. The van der Waals surface area contributed by atoms with Gasteiger partial charge >= 0.3 is 0 Å². The van der Waals surface area contributed by atoms with Gasteiger partial charge in [0.15, 0.2) is 0 Å². The van der Waals surface area contributed by atoms with Gasteiger partial charge in [-0.2, -0.15) is 0 Å². The monoisotopic (exact) mass is 349 g/mol. The van der Waals surface area contributed by atoms with Gasteiger partial charge in [-0.25, -0.2) is 0 Å². The average Bonchev–Trinajstić information content (AvgIpc) is 3.06. The number of nitrogens with two attached hydrogens (primary N) is 1. The van der Waals surface area contributed by atoms with Crippen molar-refractivity contribution in [3.8, 4) is 0 Å². The molecule has 0 radical (unpaired) electrons. The largest absolute Gasteiger partial charge is 0.357 e. The first kappa shape index (κ1) is 22.2. The average molecular weight is 350 g/mol. The fraction of sp³-hybridized carbons (Fsp3) is 0.864. The van der Waals surface area contributed by atoms with Crippen LogP contribution in [0.15, 0.2) is 17.1 Å². The third-order valence-electron chi connectivity index (χ3n) is 5.09. The lowest BCUT2D eigenvalue weighted by Crippen LogP contribution is -2.32. The van der Waals surface area contributed by atoms with Gasteiger partial charge in [-0.1, -0.05) is 70.4 Å². The molecule has 3 heteroatoms. The Kier molecular flexibility index (Phi) is 14.8. The van der Waals surface area contributed by atoms with Crippen LogP contribution in [0.4, 0.5) is 0 Å². The summed E-state index contributed by atoms with van der Waals surface area (Å²) in [5.74, 6) is 1.31. The zero-order valence-corrected chi connectivity index (χ0v) is 16.9. The van der Waals surface area contributed by atoms with Crippen molar-refractivity contribution in [2.45, 2.75) is 96.8 Å². The first-order chi connectivity index (χ1) is 12.4. The Balaban J connectivity index is 1.82. The number of aliphatic imine (C=N–C) groups is 1. The Hall–Kier alpha value is -0.830. The molecule has 0 aromatic carbocycles. The second-order valence-electron chi connectivity index (χ2n) is 7.41. The lowest BCUT2D eigenvalue weighted by Gasteiger charge is -2.19. The van der Waals surface area contributed by atoms with Gasteiger partial charge in [0, 0.05) is 26.1 Å². The third kappa shape index (κ3) is 12.2. The van der Waals surface area contributed by atoms with E-state index in [4.69, 9.17) is 5.73 Å². The topological polar surface area (TPSA) is 41.6 Å². The van der Waals surface area contributed by atoms with Crippen LogP contribution in [0.1, 0.15) is 96.8 Å². The molecule has 0 aromatic heterocycles. The van der Waals surface area contributed by atoms with Gasteiger partial charge < -0.3 is 10.6 Å². The first-order valence-corrected chi connectivity index (χ1v) is 11.0. The molecule has 25 heavy (non-hydrogen) atoms. The van der Waals surface area contributed by atoms with Crippen LogP contribution in [0.5, 0.6) is 0 Å². The molecule has 0 saturated heterocycles. The Morgan fingerprint density at radius 2 is 1.48 bits per heavy atom. The van der Waals surface area contributed by atoms with E-state index in [-0.39, 0.29) is 0 Å². The molecule has 0 aliphatic carbocycles. The summed E-state index contributed by atoms with van der Waals surface area (Å²) in [5, 5.41) is 0. The number of nitrogens with zero attached hydrogens (tertiary/aromatic N) is 2. The fourth-order valence-corrected chi connectivity index (χ4v) is 3.52. The van der Waals surface area contributed by atoms with Gasteiger partial charge in [-0.3, -0.25) is 4.99 Å². The second kappa shape index (κ2) is 16.6. The number of hydrogen-bond acceptors (Lipinski definition) is 3. The maximum atomic E-state index is 5.65. The van der Waals surface area contributed by atoms with Crippen molar-refractivity contribution in [3.63, 3.8) is 0 Å². The highest BCUT2D eigenvalue weighted by atomic mass is 15.2. The molecule has 1 heterocycles. The van der Waals surface area contributed by atoms with Gasteiger partial charge in [-0.15, -0.1) is 0 Å². The van der Waals surface area contributed by atoms with Crippen molar-refractivity contribution in [1.82, 2.24) is 4.90 Å². The highest BCUT2D eigenvalue weighted by molar-refractivity contribution is 5.83. The van der Waals surface area contributed by atoms with Crippen molar-refractivity contribution in [1.29, 1.82) is 0 Å². The van der Waals surface area contributed by atoms with Gasteiger partial charge in [0.1, 0.15) is 0 Å². The molecule has 0 saturated carbocycles. The minimum absolute atomic E-state index is 0.740. The van der Waals surface area contributed by atoms with Crippen LogP contribution in [-0.4, -0.2) is 36.9 Å². The molecule has 1 rings (SSSR count). The quantitative estimate of drug-likeness (QED) is 0.270. The Bertz CT molecular complexity index is 349. The van der Waals surface area contributed by atoms with E-state index >= 15 is 0 Å². The Morgan fingerprint density at radius 3 is 2.12 bits per heavy atom. The van der Waals surface area contributed by atoms with Gasteiger partial charge in [0.25, 0.3) is 0 Å². The molecule has 1 aliphatic rings. The van der Waals surface area contributed by atoms with Crippen LogP contribution in [0.3, 0.4) is 0 Å². The number of allylic oxidation sites excluding steroid dienone is 2. The van der Waals surface area contributed by atoms with Gasteiger partial charge in [0.2, 0.25) is 0 Å². The third-order valence-corrected chi connectivity index (χ3v) is 5.09. The van der Waals surface area contributed by atoms with Crippen LogP contribution in [0.25, 0.3) is 0 Å².